The SMILES string of the molecule is Cc1cc(S(=O)(=O)N(C)CC(O)CNC(C)(C)CC2Cc3ccccc3C2)ccc1-c1cccc(CCC(=O)O)c1. The number of aliphatic hydroxyl groups excluding tert-OH is 1. The third kappa shape index (κ3) is 8.04. The Morgan fingerprint density at radius 1 is 1.05 bits per heavy atom. The largest absolute Gasteiger partial charge is 0.481 e. The number of aliphatic hydroxyl groups is 1. The quantitative estimate of drug-likeness (QED) is 0.268. The van der Waals surface area contributed by atoms with E-state index in [0.29, 0.717) is 18.9 Å². The summed E-state index contributed by atoms with van der Waals surface area (Å²) in [5, 5.41) is 23.2. The molecule has 1 aliphatic carbocycles. The summed E-state index contributed by atoms with van der Waals surface area (Å²) in [6.45, 7) is 6.40. The highest BCUT2D eigenvalue weighted by Crippen LogP contribution is 2.32. The van der Waals surface area contributed by atoms with E-state index in [0.717, 1.165) is 41.5 Å². The molecule has 0 bridgehead atoms. The van der Waals surface area contributed by atoms with Gasteiger partial charge in [-0.1, -0.05) is 54.6 Å². The normalized spacial score (nSPS) is 14.8. The van der Waals surface area contributed by atoms with Crippen LogP contribution in [0.25, 0.3) is 11.1 Å². The second kappa shape index (κ2) is 12.9. The van der Waals surface area contributed by atoms with Crippen LogP contribution in [0.1, 0.15) is 48.9 Å². The number of aliphatic carboxylic acids is 1. The zero-order chi connectivity index (χ0) is 29.8. The standard InChI is InChI=1S/C33H42N2O5S/c1-23-16-30(13-14-31(23)28-11-7-8-24(17-28)12-15-32(37)38)41(39,40)35(4)22-29(36)21-34-33(2,3)20-25-18-26-9-5-6-10-27(26)19-25/h5-11,13-14,16-17,25,29,34,36H,12,15,18-22H2,1-4H3,(H,37,38). The van der Waals surface area contributed by atoms with Crippen molar-refractivity contribution in [3.05, 3.63) is 89.0 Å². The van der Waals surface area contributed by atoms with Gasteiger partial charge in [0.15, 0.2) is 0 Å². The highest BCUT2D eigenvalue weighted by molar-refractivity contribution is 7.89. The van der Waals surface area contributed by atoms with E-state index in [1.165, 1.54) is 22.5 Å². The fourth-order valence-electron chi connectivity index (χ4n) is 5.89. The smallest absolute Gasteiger partial charge is 0.303 e. The number of sulfonamides is 1. The monoisotopic (exact) mass is 578 g/mol. The average molecular weight is 579 g/mol. The minimum Gasteiger partial charge on any atom is -0.481 e. The molecule has 0 saturated carbocycles. The van der Waals surface area contributed by atoms with Crippen LogP contribution in [0, 0.1) is 12.8 Å². The number of nitrogens with one attached hydrogen (secondary N) is 1. The summed E-state index contributed by atoms with van der Waals surface area (Å²) in [4.78, 5) is 11.1. The Kier molecular flexibility index (Phi) is 9.70. The van der Waals surface area contributed by atoms with Gasteiger partial charge in [0.2, 0.25) is 10.0 Å². The highest BCUT2D eigenvalue weighted by Gasteiger charge is 2.29. The van der Waals surface area contributed by atoms with Gasteiger partial charge < -0.3 is 15.5 Å². The van der Waals surface area contributed by atoms with Crippen LogP contribution in [0.3, 0.4) is 0 Å². The molecule has 3 aromatic carbocycles. The van der Waals surface area contributed by atoms with Crippen molar-refractivity contribution in [2.75, 3.05) is 20.1 Å². The van der Waals surface area contributed by atoms with Gasteiger partial charge in [0.05, 0.1) is 11.0 Å². The minimum atomic E-state index is -3.80. The molecule has 0 heterocycles. The molecule has 0 saturated heterocycles. The molecule has 4 rings (SSSR count). The molecule has 0 spiro atoms. The van der Waals surface area contributed by atoms with Gasteiger partial charge in [-0.2, -0.15) is 4.31 Å². The Morgan fingerprint density at radius 2 is 1.73 bits per heavy atom. The Hall–Kier alpha value is -3.04. The number of carbonyl (C=O) groups is 1. The van der Waals surface area contributed by atoms with Crippen LogP contribution in [-0.4, -0.2) is 60.7 Å². The average Bonchev–Trinajstić information content (AvgIpc) is 3.32. The molecule has 1 atom stereocenters. The van der Waals surface area contributed by atoms with Gasteiger partial charge >= 0.3 is 5.97 Å². The van der Waals surface area contributed by atoms with Crippen molar-refractivity contribution in [1.29, 1.82) is 0 Å². The van der Waals surface area contributed by atoms with Crippen molar-refractivity contribution in [3.8, 4) is 11.1 Å². The number of rotatable bonds is 13. The lowest BCUT2D eigenvalue weighted by Gasteiger charge is -2.31. The van der Waals surface area contributed by atoms with Crippen molar-refractivity contribution in [3.63, 3.8) is 0 Å². The van der Waals surface area contributed by atoms with Crippen LogP contribution < -0.4 is 5.32 Å². The lowest BCUT2D eigenvalue weighted by atomic mass is 9.88. The Labute approximate surface area is 244 Å². The van der Waals surface area contributed by atoms with Crippen molar-refractivity contribution in [1.82, 2.24) is 9.62 Å². The van der Waals surface area contributed by atoms with Crippen LogP contribution in [0.5, 0.6) is 0 Å². The summed E-state index contributed by atoms with van der Waals surface area (Å²) >= 11 is 0. The second-order valence-corrected chi connectivity index (χ2v) is 14.1. The van der Waals surface area contributed by atoms with Gasteiger partial charge in [-0.15, -0.1) is 0 Å². The second-order valence-electron chi connectivity index (χ2n) is 12.0. The van der Waals surface area contributed by atoms with Crippen molar-refractivity contribution in [2.24, 2.45) is 5.92 Å². The summed E-state index contributed by atoms with van der Waals surface area (Å²) in [7, 11) is -2.31. The number of carboxylic acids is 1. The van der Waals surface area contributed by atoms with Crippen LogP contribution in [0.2, 0.25) is 0 Å². The minimum absolute atomic E-state index is 0.0211. The van der Waals surface area contributed by atoms with Gasteiger partial charge in [0, 0.05) is 32.1 Å². The lowest BCUT2D eigenvalue weighted by molar-refractivity contribution is -0.136. The number of carboxylic acid groups (broad SMARTS) is 1. The van der Waals surface area contributed by atoms with Crippen molar-refractivity contribution < 1.29 is 23.4 Å². The number of hydrogen-bond donors (Lipinski definition) is 3. The summed E-state index contributed by atoms with van der Waals surface area (Å²) in [5.41, 5.74) is 6.17. The molecular formula is C33H42N2O5S. The molecule has 1 unspecified atom stereocenters. The van der Waals surface area contributed by atoms with E-state index < -0.39 is 22.1 Å². The molecule has 0 radical (unpaired) electrons. The molecule has 3 N–H and O–H groups in total. The first kappa shape index (κ1) is 30.9. The van der Waals surface area contributed by atoms with Gasteiger partial charge in [-0.25, -0.2) is 8.42 Å². The first-order valence-electron chi connectivity index (χ1n) is 14.2. The van der Waals surface area contributed by atoms with Gasteiger partial charge in [-0.05, 0) is 97.9 Å². The van der Waals surface area contributed by atoms with E-state index in [4.69, 9.17) is 5.11 Å². The van der Waals surface area contributed by atoms with E-state index in [-0.39, 0.29) is 23.4 Å². The molecule has 0 aliphatic heterocycles. The van der Waals surface area contributed by atoms with E-state index in [9.17, 15) is 18.3 Å². The zero-order valence-electron chi connectivity index (χ0n) is 24.4. The van der Waals surface area contributed by atoms with Crippen LogP contribution in [0.15, 0.2) is 71.6 Å². The number of benzene rings is 3. The fourth-order valence-corrected chi connectivity index (χ4v) is 7.18. The molecule has 220 valence electrons. The van der Waals surface area contributed by atoms with Crippen LogP contribution >= 0.6 is 0 Å². The van der Waals surface area contributed by atoms with Gasteiger partial charge in [-0.3, -0.25) is 4.79 Å². The maximum absolute atomic E-state index is 13.3. The van der Waals surface area contributed by atoms with Gasteiger partial charge in [0.25, 0.3) is 0 Å². The Morgan fingerprint density at radius 3 is 2.37 bits per heavy atom. The fraction of sp³-hybridized carbons (Fsp3) is 0.424. The van der Waals surface area contributed by atoms with E-state index >= 15 is 0 Å². The molecule has 0 amide bonds. The van der Waals surface area contributed by atoms with E-state index in [1.54, 1.807) is 18.2 Å². The van der Waals surface area contributed by atoms with Crippen molar-refractivity contribution in [2.45, 2.75) is 69.4 Å². The predicted molar refractivity (Wildman–Crippen MR) is 162 cm³/mol. The number of hydrogen-bond acceptors (Lipinski definition) is 5. The highest BCUT2D eigenvalue weighted by atomic mass is 32.2. The Balaban J connectivity index is 1.33. The number of likely N-dealkylation sites (N-methyl/N-ethyl adjacent to an activating group) is 1. The topological polar surface area (TPSA) is 107 Å². The van der Waals surface area contributed by atoms with E-state index in [2.05, 4.69) is 43.4 Å². The molecule has 41 heavy (non-hydrogen) atoms. The Bertz CT molecular complexity index is 1460. The van der Waals surface area contributed by atoms with Crippen molar-refractivity contribution >= 4 is 16.0 Å². The lowest BCUT2D eigenvalue weighted by Crippen LogP contribution is -2.47. The number of β-amino-alcohol motifs (C(OH)–C–C–N with tert-alkyl or cyclic N) is 1. The number of aryl methyl sites for hydroxylation is 2. The number of nitrogens with zero attached hydrogens (tertiary/aromatic N) is 1. The van der Waals surface area contributed by atoms with Crippen LogP contribution in [0.4, 0.5) is 0 Å². The molecule has 0 fully saturated rings. The molecule has 0 aromatic heterocycles. The summed E-state index contributed by atoms with van der Waals surface area (Å²) in [6.07, 6.45) is 2.74. The maximum atomic E-state index is 13.3. The number of fused-ring (bicyclic) bond motifs is 1. The van der Waals surface area contributed by atoms with E-state index in [1.807, 2.05) is 31.2 Å². The first-order valence-corrected chi connectivity index (χ1v) is 15.7. The first-order chi connectivity index (χ1) is 19.3. The maximum Gasteiger partial charge on any atom is 0.303 e. The zero-order valence-corrected chi connectivity index (χ0v) is 25.2. The third-order valence-corrected chi connectivity index (χ3v) is 9.81. The molecule has 1 aliphatic rings. The summed E-state index contributed by atoms with van der Waals surface area (Å²) in [5.74, 6) is -0.293. The molecule has 3 aromatic rings. The molecule has 7 nitrogen and oxygen atoms in total. The molecule has 8 heteroatoms. The summed E-state index contributed by atoms with van der Waals surface area (Å²) in [6, 6.07) is 21.3. The summed E-state index contributed by atoms with van der Waals surface area (Å²) < 4.78 is 27.9. The predicted octanol–water partition coefficient (Wildman–Crippen LogP) is 4.83. The molecular weight excluding hydrogens is 536 g/mol. The van der Waals surface area contributed by atoms with Crippen LogP contribution in [-0.2, 0) is 34.1 Å². The third-order valence-electron chi connectivity index (χ3n) is 7.99. The van der Waals surface area contributed by atoms with Gasteiger partial charge in [0.1, 0.15) is 0 Å².